The number of hydrogen-bond acceptors (Lipinski definition) is 4. The van der Waals surface area contributed by atoms with E-state index in [-0.39, 0.29) is 17.4 Å². The number of ether oxygens (including phenoxy) is 1. The van der Waals surface area contributed by atoms with Crippen LogP contribution in [-0.4, -0.2) is 28.7 Å². The third-order valence-corrected chi connectivity index (χ3v) is 3.82. The molecule has 0 fully saturated rings. The van der Waals surface area contributed by atoms with E-state index in [9.17, 15) is 9.90 Å². The zero-order valence-electron chi connectivity index (χ0n) is 11.8. The number of methoxy groups -OCH3 is 1. The summed E-state index contributed by atoms with van der Waals surface area (Å²) in [6.45, 7) is 0. The largest absolute Gasteiger partial charge is 0.497 e. The number of nitrogens with zero attached hydrogens (tertiary/aromatic N) is 1. The lowest BCUT2D eigenvalue weighted by atomic mass is 10.0. The average molecular weight is 292 g/mol. The van der Waals surface area contributed by atoms with Crippen molar-refractivity contribution in [3.8, 4) is 11.6 Å². The lowest BCUT2D eigenvalue weighted by Gasteiger charge is -2.00. The highest BCUT2D eigenvalue weighted by molar-refractivity contribution is 6.56. The number of nitrogens with one attached hydrogen (secondary N) is 1. The standard InChI is InChI=1S/C17H12N2O3/c1-22-9-6-7-11-13(8-9)18-15(16(11)20)14-10-4-2-3-5-12(10)19-17(14)21/h2-8,19,21H,1H3. The number of aliphatic imine (C=N–C) groups is 1. The number of para-hydroxylation sites is 1. The number of Topliss-reactive ketones (excluding diaryl/α,β-unsaturated/α-hetero) is 1. The van der Waals surface area contributed by atoms with Gasteiger partial charge in [0.25, 0.3) is 0 Å². The summed E-state index contributed by atoms with van der Waals surface area (Å²) >= 11 is 0. The maximum atomic E-state index is 12.6. The van der Waals surface area contributed by atoms with E-state index in [1.807, 2.05) is 24.3 Å². The molecule has 0 saturated heterocycles. The number of carbonyl (C=O) groups excluding carboxylic acids is 1. The molecule has 1 aromatic heterocycles. The molecule has 0 unspecified atom stereocenters. The van der Waals surface area contributed by atoms with Crippen molar-refractivity contribution in [2.75, 3.05) is 7.11 Å². The molecule has 0 saturated carbocycles. The molecule has 5 nitrogen and oxygen atoms in total. The first kappa shape index (κ1) is 12.6. The van der Waals surface area contributed by atoms with Crippen molar-refractivity contribution in [3.05, 3.63) is 53.6 Å². The number of aromatic amines is 1. The molecule has 0 aliphatic carbocycles. The molecule has 0 radical (unpaired) electrons. The summed E-state index contributed by atoms with van der Waals surface area (Å²) in [5.41, 5.74) is 2.53. The van der Waals surface area contributed by atoms with E-state index < -0.39 is 0 Å². The van der Waals surface area contributed by atoms with Crippen molar-refractivity contribution in [3.63, 3.8) is 0 Å². The number of aromatic hydroxyl groups is 1. The number of ketones is 1. The number of rotatable bonds is 2. The molecule has 1 aliphatic heterocycles. The second-order valence-electron chi connectivity index (χ2n) is 5.07. The van der Waals surface area contributed by atoms with Crippen LogP contribution in [0.5, 0.6) is 11.6 Å². The van der Waals surface area contributed by atoms with Crippen LogP contribution in [0.1, 0.15) is 15.9 Å². The molecular formula is C17H12N2O3. The summed E-state index contributed by atoms with van der Waals surface area (Å²) in [6.07, 6.45) is 0. The van der Waals surface area contributed by atoms with E-state index in [0.29, 0.717) is 22.6 Å². The van der Waals surface area contributed by atoms with E-state index in [1.165, 1.54) is 0 Å². The van der Waals surface area contributed by atoms with Crippen molar-refractivity contribution in [2.24, 2.45) is 4.99 Å². The van der Waals surface area contributed by atoms with Crippen molar-refractivity contribution in [1.82, 2.24) is 4.98 Å². The lowest BCUT2D eigenvalue weighted by molar-refractivity contribution is 0.107. The summed E-state index contributed by atoms with van der Waals surface area (Å²) in [7, 11) is 1.56. The maximum absolute atomic E-state index is 12.6. The third-order valence-electron chi connectivity index (χ3n) is 3.82. The molecule has 0 atom stereocenters. The Morgan fingerprint density at radius 3 is 2.82 bits per heavy atom. The van der Waals surface area contributed by atoms with Crippen LogP contribution in [-0.2, 0) is 0 Å². The van der Waals surface area contributed by atoms with Gasteiger partial charge in [-0.05, 0) is 18.2 Å². The SMILES string of the molecule is COc1ccc2c(c1)N=C(c1c(O)[nH]c3ccccc13)C2=O. The van der Waals surface area contributed by atoms with Crippen molar-refractivity contribution in [2.45, 2.75) is 0 Å². The van der Waals surface area contributed by atoms with Gasteiger partial charge in [-0.3, -0.25) is 4.79 Å². The first-order chi connectivity index (χ1) is 10.7. The van der Waals surface area contributed by atoms with Gasteiger partial charge < -0.3 is 14.8 Å². The highest BCUT2D eigenvalue weighted by Gasteiger charge is 2.30. The number of carbonyl (C=O) groups is 1. The van der Waals surface area contributed by atoms with Crippen LogP contribution in [0.2, 0.25) is 0 Å². The first-order valence-corrected chi connectivity index (χ1v) is 6.80. The fourth-order valence-corrected chi connectivity index (χ4v) is 2.76. The highest BCUT2D eigenvalue weighted by Crippen LogP contribution is 2.36. The predicted molar refractivity (Wildman–Crippen MR) is 83.5 cm³/mol. The molecule has 108 valence electrons. The van der Waals surface area contributed by atoms with Crippen LogP contribution < -0.4 is 4.74 Å². The summed E-state index contributed by atoms with van der Waals surface area (Å²) in [4.78, 5) is 19.9. The zero-order valence-corrected chi connectivity index (χ0v) is 11.8. The van der Waals surface area contributed by atoms with Crippen LogP contribution in [0.15, 0.2) is 47.5 Å². The number of H-pyrrole nitrogens is 1. The predicted octanol–water partition coefficient (Wildman–Crippen LogP) is 3.20. The van der Waals surface area contributed by atoms with Crippen molar-refractivity contribution in [1.29, 1.82) is 0 Å². The fourth-order valence-electron chi connectivity index (χ4n) is 2.76. The van der Waals surface area contributed by atoms with Gasteiger partial charge in [0.15, 0.2) is 5.88 Å². The Morgan fingerprint density at radius 1 is 1.18 bits per heavy atom. The van der Waals surface area contributed by atoms with Gasteiger partial charge in [0.05, 0.1) is 23.9 Å². The molecule has 0 amide bonds. The van der Waals surface area contributed by atoms with Gasteiger partial charge in [-0.15, -0.1) is 0 Å². The topological polar surface area (TPSA) is 74.7 Å². The van der Waals surface area contributed by atoms with Crippen molar-refractivity contribution >= 4 is 28.1 Å². The van der Waals surface area contributed by atoms with Crippen LogP contribution >= 0.6 is 0 Å². The summed E-state index contributed by atoms with van der Waals surface area (Å²) in [5, 5.41) is 10.9. The van der Waals surface area contributed by atoms with Gasteiger partial charge in [-0.25, -0.2) is 4.99 Å². The number of benzene rings is 2. The molecule has 4 rings (SSSR count). The van der Waals surface area contributed by atoms with Crippen molar-refractivity contribution < 1.29 is 14.6 Å². The quantitative estimate of drug-likeness (QED) is 0.761. The molecule has 5 heteroatoms. The Kier molecular flexibility index (Phi) is 2.56. The Balaban J connectivity index is 1.93. The van der Waals surface area contributed by atoms with Gasteiger partial charge >= 0.3 is 0 Å². The van der Waals surface area contributed by atoms with E-state index in [0.717, 1.165) is 10.9 Å². The van der Waals surface area contributed by atoms with E-state index >= 15 is 0 Å². The van der Waals surface area contributed by atoms with Crippen LogP contribution in [0.4, 0.5) is 5.69 Å². The van der Waals surface area contributed by atoms with Gasteiger partial charge in [0.2, 0.25) is 5.78 Å². The maximum Gasteiger partial charge on any atom is 0.214 e. The molecular weight excluding hydrogens is 280 g/mol. The van der Waals surface area contributed by atoms with Gasteiger partial charge in [0.1, 0.15) is 11.5 Å². The summed E-state index contributed by atoms with van der Waals surface area (Å²) < 4.78 is 5.16. The first-order valence-electron chi connectivity index (χ1n) is 6.80. The average Bonchev–Trinajstić information content (AvgIpc) is 3.03. The summed E-state index contributed by atoms with van der Waals surface area (Å²) in [6, 6.07) is 12.5. The molecule has 1 aliphatic rings. The second-order valence-corrected chi connectivity index (χ2v) is 5.07. The molecule has 0 spiro atoms. The molecule has 0 bridgehead atoms. The minimum Gasteiger partial charge on any atom is -0.497 e. The molecule has 22 heavy (non-hydrogen) atoms. The van der Waals surface area contributed by atoms with E-state index in [1.54, 1.807) is 25.3 Å². The fraction of sp³-hybridized carbons (Fsp3) is 0.0588. The van der Waals surface area contributed by atoms with Gasteiger partial charge in [-0.2, -0.15) is 0 Å². The van der Waals surface area contributed by atoms with E-state index in [4.69, 9.17) is 4.74 Å². The smallest absolute Gasteiger partial charge is 0.214 e. The molecule has 2 N–H and O–H groups in total. The van der Waals surface area contributed by atoms with Crippen LogP contribution in [0, 0.1) is 0 Å². The monoisotopic (exact) mass is 292 g/mol. The zero-order chi connectivity index (χ0) is 15.3. The Morgan fingerprint density at radius 2 is 2.00 bits per heavy atom. The molecule has 2 aromatic carbocycles. The number of hydrogen-bond donors (Lipinski definition) is 2. The normalized spacial score (nSPS) is 13.3. The number of aromatic nitrogens is 1. The lowest BCUT2D eigenvalue weighted by Crippen LogP contribution is -2.10. The Hall–Kier alpha value is -3.08. The molecule has 3 aromatic rings. The van der Waals surface area contributed by atoms with Gasteiger partial charge in [0, 0.05) is 17.0 Å². The number of fused-ring (bicyclic) bond motifs is 2. The minimum atomic E-state index is -0.197. The summed E-state index contributed by atoms with van der Waals surface area (Å²) in [5.74, 6) is 0.394. The Labute approximate surface area is 125 Å². The van der Waals surface area contributed by atoms with Crippen LogP contribution in [0.3, 0.4) is 0 Å². The van der Waals surface area contributed by atoms with Gasteiger partial charge in [-0.1, -0.05) is 18.2 Å². The highest BCUT2D eigenvalue weighted by atomic mass is 16.5. The Bertz CT molecular complexity index is 954. The molecule has 2 heterocycles. The minimum absolute atomic E-state index is 0.0481. The van der Waals surface area contributed by atoms with E-state index in [2.05, 4.69) is 9.98 Å². The third kappa shape index (κ3) is 1.65. The van der Waals surface area contributed by atoms with Crippen LogP contribution in [0.25, 0.3) is 10.9 Å². The second kappa shape index (κ2) is 4.46.